The molecule has 3 aromatic rings. The zero-order valence-corrected chi connectivity index (χ0v) is 10.9. The molecule has 2 aromatic heterocycles. The average molecular weight is 308 g/mol. The molecule has 17 heavy (non-hydrogen) atoms. The second-order valence-electron chi connectivity index (χ2n) is 3.40. The lowest BCUT2D eigenvalue weighted by Gasteiger charge is -1.98. The van der Waals surface area contributed by atoms with Gasteiger partial charge < -0.3 is 0 Å². The third-order valence-electron chi connectivity index (χ3n) is 2.41. The van der Waals surface area contributed by atoms with Crippen LogP contribution in [-0.4, -0.2) is 20.9 Å². The minimum atomic E-state index is 0.489. The zero-order chi connectivity index (χ0) is 11.8. The van der Waals surface area contributed by atoms with Gasteiger partial charge in [0.15, 0.2) is 6.29 Å². The van der Waals surface area contributed by atoms with Gasteiger partial charge in [-0.25, -0.2) is 4.98 Å². The van der Waals surface area contributed by atoms with Crippen molar-refractivity contribution in [1.29, 1.82) is 0 Å². The summed E-state index contributed by atoms with van der Waals surface area (Å²) in [6.07, 6.45) is 0.789. The molecule has 0 saturated heterocycles. The molecule has 0 saturated carbocycles. The van der Waals surface area contributed by atoms with Crippen molar-refractivity contribution >= 4 is 38.5 Å². The number of carbonyl (C=O) groups is 1. The maximum absolute atomic E-state index is 11.1. The van der Waals surface area contributed by atoms with Gasteiger partial charge in [-0.3, -0.25) is 4.79 Å². The van der Waals surface area contributed by atoms with Crippen molar-refractivity contribution in [2.75, 3.05) is 0 Å². The van der Waals surface area contributed by atoms with Gasteiger partial charge in [0.25, 0.3) is 0 Å². The van der Waals surface area contributed by atoms with E-state index in [1.807, 2.05) is 24.3 Å². The van der Waals surface area contributed by atoms with Crippen LogP contribution in [0.4, 0.5) is 0 Å². The normalized spacial score (nSPS) is 10.9. The summed E-state index contributed by atoms with van der Waals surface area (Å²) in [4.78, 5) is 16.3. The Morgan fingerprint density at radius 2 is 2.06 bits per heavy atom. The fourth-order valence-corrected chi connectivity index (χ4v) is 2.52. The Kier molecular flexibility index (Phi) is 2.53. The van der Waals surface area contributed by atoms with E-state index in [9.17, 15) is 4.79 Å². The minimum Gasteiger partial charge on any atom is -0.296 e. The van der Waals surface area contributed by atoms with E-state index >= 15 is 0 Å². The van der Waals surface area contributed by atoms with Gasteiger partial charge in [-0.05, 0) is 12.1 Å². The predicted octanol–water partition coefficient (Wildman–Crippen LogP) is 3.03. The standard InChI is InChI=1S/C11H6BrN3OS/c12-8-3-1-7(2-4-8)10-9(5-16)15-11(14-10)17-6-13-15/h1-6H. The molecule has 0 aliphatic heterocycles. The number of fused-ring (bicyclic) bond motifs is 1. The molecule has 0 aliphatic rings. The van der Waals surface area contributed by atoms with E-state index in [1.54, 1.807) is 10.0 Å². The highest BCUT2D eigenvalue weighted by Gasteiger charge is 2.14. The zero-order valence-electron chi connectivity index (χ0n) is 8.50. The molecule has 1 aromatic carbocycles. The van der Waals surface area contributed by atoms with Crippen LogP contribution < -0.4 is 0 Å². The topological polar surface area (TPSA) is 47.3 Å². The van der Waals surface area contributed by atoms with Crippen LogP contribution in [0.2, 0.25) is 0 Å². The summed E-state index contributed by atoms with van der Waals surface area (Å²) in [5.41, 5.74) is 3.74. The molecule has 4 nitrogen and oxygen atoms in total. The fourth-order valence-electron chi connectivity index (χ4n) is 1.64. The molecule has 0 unspecified atom stereocenters. The lowest BCUT2D eigenvalue weighted by atomic mass is 10.1. The van der Waals surface area contributed by atoms with Gasteiger partial charge in [0.05, 0.1) is 0 Å². The third kappa shape index (κ3) is 1.69. The van der Waals surface area contributed by atoms with Crippen LogP contribution >= 0.6 is 27.3 Å². The Balaban J connectivity index is 2.25. The number of benzene rings is 1. The molecule has 84 valence electrons. The average Bonchev–Trinajstić information content (AvgIpc) is 2.89. The SMILES string of the molecule is O=Cc1c(-c2ccc(Br)cc2)nc2scnn12. The summed E-state index contributed by atoms with van der Waals surface area (Å²) in [6, 6.07) is 7.68. The highest BCUT2D eigenvalue weighted by atomic mass is 79.9. The van der Waals surface area contributed by atoms with Crippen molar-refractivity contribution in [1.82, 2.24) is 14.6 Å². The second-order valence-corrected chi connectivity index (χ2v) is 5.13. The van der Waals surface area contributed by atoms with E-state index in [1.165, 1.54) is 11.3 Å². The van der Waals surface area contributed by atoms with Gasteiger partial charge in [-0.15, -0.1) is 0 Å². The number of carbonyl (C=O) groups excluding carboxylic acids is 1. The predicted molar refractivity (Wildman–Crippen MR) is 69.4 cm³/mol. The van der Waals surface area contributed by atoms with E-state index in [2.05, 4.69) is 26.0 Å². The van der Waals surface area contributed by atoms with E-state index in [0.717, 1.165) is 21.3 Å². The smallest absolute Gasteiger partial charge is 0.213 e. The molecule has 0 bridgehead atoms. The third-order valence-corrected chi connectivity index (χ3v) is 3.61. The van der Waals surface area contributed by atoms with E-state index in [-0.39, 0.29) is 0 Å². The van der Waals surface area contributed by atoms with Gasteiger partial charge in [0.1, 0.15) is 16.9 Å². The number of imidazole rings is 1. The summed E-state index contributed by atoms with van der Waals surface area (Å²) in [5.74, 6) is 0. The van der Waals surface area contributed by atoms with Gasteiger partial charge in [-0.1, -0.05) is 39.4 Å². The Bertz CT molecular complexity index is 686. The van der Waals surface area contributed by atoms with Crippen LogP contribution in [0.5, 0.6) is 0 Å². The van der Waals surface area contributed by atoms with Gasteiger partial charge >= 0.3 is 0 Å². The monoisotopic (exact) mass is 307 g/mol. The Morgan fingerprint density at radius 1 is 1.29 bits per heavy atom. The highest BCUT2D eigenvalue weighted by molar-refractivity contribution is 9.10. The lowest BCUT2D eigenvalue weighted by Crippen LogP contribution is -1.92. The van der Waals surface area contributed by atoms with Crippen molar-refractivity contribution in [2.45, 2.75) is 0 Å². The lowest BCUT2D eigenvalue weighted by molar-refractivity contribution is 0.111. The first-order valence-electron chi connectivity index (χ1n) is 4.83. The van der Waals surface area contributed by atoms with E-state index in [0.29, 0.717) is 11.4 Å². The molecule has 2 heterocycles. The molecular formula is C11H6BrN3OS. The van der Waals surface area contributed by atoms with Gasteiger partial charge in [-0.2, -0.15) is 9.61 Å². The van der Waals surface area contributed by atoms with Crippen LogP contribution in [0.1, 0.15) is 10.5 Å². The molecule has 0 N–H and O–H groups in total. The first-order valence-corrected chi connectivity index (χ1v) is 6.50. The number of rotatable bonds is 2. The number of aldehydes is 1. The molecule has 6 heteroatoms. The summed E-state index contributed by atoms with van der Waals surface area (Å²) < 4.78 is 2.56. The van der Waals surface area contributed by atoms with Crippen molar-refractivity contribution in [2.24, 2.45) is 0 Å². The summed E-state index contributed by atoms with van der Waals surface area (Å²) in [6.45, 7) is 0. The number of nitrogens with zero attached hydrogens (tertiary/aromatic N) is 3. The number of halogens is 1. The first-order chi connectivity index (χ1) is 8.29. The van der Waals surface area contributed by atoms with E-state index < -0.39 is 0 Å². The van der Waals surface area contributed by atoms with Gasteiger partial charge in [0, 0.05) is 10.0 Å². The van der Waals surface area contributed by atoms with Crippen molar-refractivity contribution < 1.29 is 4.79 Å². The first kappa shape index (κ1) is 10.6. The summed E-state index contributed by atoms with van der Waals surface area (Å²) in [5, 5.41) is 4.09. The fraction of sp³-hybridized carbons (Fsp3) is 0. The van der Waals surface area contributed by atoms with Crippen molar-refractivity contribution in [3.63, 3.8) is 0 Å². The van der Waals surface area contributed by atoms with Crippen LogP contribution in [0, 0.1) is 0 Å². The summed E-state index contributed by atoms with van der Waals surface area (Å²) >= 11 is 4.78. The van der Waals surface area contributed by atoms with Gasteiger partial charge in [0.2, 0.25) is 4.96 Å². The number of aromatic nitrogens is 3. The van der Waals surface area contributed by atoms with E-state index in [4.69, 9.17) is 0 Å². The second kappa shape index (κ2) is 4.05. The quantitative estimate of drug-likeness (QED) is 0.684. The highest BCUT2D eigenvalue weighted by Crippen LogP contribution is 2.25. The minimum absolute atomic E-state index is 0.489. The Hall–Kier alpha value is -1.53. The molecule has 3 rings (SSSR count). The largest absolute Gasteiger partial charge is 0.296 e. The maximum atomic E-state index is 11.1. The van der Waals surface area contributed by atoms with Crippen LogP contribution in [0.15, 0.2) is 34.2 Å². The molecule has 0 radical (unpaired) electrons. The van der Waals surface area contributed by atoms with Crippen LogP contribution in [0.25, 0.3) is 16.2 Å². The van der Waals surface area contributed by atoms with Crippen molar-refractivity contribution in [3.8, 4) is 11.3 Å². The van der Waals surface area contributed by atoms with Crippen molar-refractivity contribution in [3.05, 3.63) is 39.9 Å². The molecule has 0 amide bonds. The number of hydrogen-bond acceptors (Lipinski definition) is 4. The maximum Gasteiger partial charge on any atom is 0.213 e. The number of hydrogen-bond donors (Lipinski definition) is 0. The Labute approximate surface area is 109 Å². The Morgan fingerprint density at radius 3 is 2.76 bits per heavy atom. The molecular weight excluding hydrogens is 302 g/mol. The molecule has 0 atom stereocenters. The summed E-state index contributed by atoms with van der Waals surface area (Å²) in [7, 11) is 0. The molecule has 0 spiro atoms. The molecule has 0 aliphatic carbocycles. The van der Waals surface area contributed by atoms with Crippen LogP contribution in [-0.2, 0) is 0 Å². The van der Waals surface area contributed by atoms with Crippen LogP contribution in [0.3, 0.4) is 0 Å². The molecule has 0 fully saturated rings.